The molecule has 2 amide bonds. The first-order valence-corrected chi connectivity index (χ1v) is 15.2. The molecule has 5 aromatic carbocycles. The van der Waals surface area contributed by atoms with Crippen LogP contribution in [0.25, 0.3) is 0 Å². The lowest BCUT2D eigenvalue weighted by Gasteiger charge is -2.22. The maximum Gasteiger partial charge on any atom is 0.263 e. The summed E-state index contributed by atoms with van der Waals surface area (Å²) in [5, 5.41) is 5.11. The molecule has 0 fully saturated rings. The molecule has 0 bridgehead atoms. The van der Waals surface area contributed by atoms with Crippen molar-refractivity contribution in [2.45, 2.75) is 10.1 Å². The van der Waals surface area contributed by atoms with E-state index in [9.17, 15) is 19.2 Å². The van der Waals surface area contributed by atoms with Gasteiger partial charge in [0.25, 0.3) is 5.91 Å². The summed E-state index contributed by atoms with van der Waals surface area (Å²) >= 11 is 1.32. The van der Waals surface area contributed by atoms with Crippen LogP contribution in [0.5, 0.6) is 11.5 Å². The van der Waals surface area contributed by atoms with Gasteiger partial charge in [0.2, 0.25) is 5.91 Å². The second-order valence-electron chi connectivity index (χ2n) is 10.3. The minimum Gasteiger partial charge on any atom is -0.496 e. The summed E-state index contributed by atoms with van der Waals surface area (Å²) in [6.07, 6.45) is 0. The second-order valence-corrected chi connectivity index (χ2v) is 11.5. The third kappa shape index (κ3) is 5.88. The number of rotatable bonds is 9. The van der Waals surface area contributed by atoms with Crippen LogP contribution in [-0.2, 0) is 4.79 Å². The first-order chi connectivity index (χ1) is 22.4. The average Bonchev–Trinajstić information content (AvgIpc) is 3.10. The van der Waals surface area contributed by atoms with Crippen LogP contribution in [0.15, 0.2) is 120 Å². The molecule has 228 valence electrons. The highest BCUT2D eigenvalue weighted by molar-refractivity contribution is 8.00. The Hall–Kier alpha value is -5.67. The van der Waals surface area contributed by atoms with E-state index in [0.717, 1.165) is 10.5 Å². The highest BCUT2D eigenvalue weighted by atomic mass is 32.2. The highest BCUT2D eigenvalue weighted by Gasteiger charge is 2.32. The number of anilines is 2. The van der Waals surface area contributed by atoms with E-state index in [4.69, 9.17) is 9.47 Å². The SMILES string of the molecule is COc1cccc(OC)c1C(=O)Nc1ccc(SC(C(=O)Nc2cccc3c2C(=O)c2ccccc2C3=O)c2ccccc2)cc1. The molecule has 0 aromatic heterocycles. The van der Waals surface area contributed by atoms with Gasteiger partial charge in [-0.2, -0.15) is 0 Å². The van der Waals surface area contributed by atoms with Crippen molar-refractivity contribution in [1.82, 2.24) is 0 Å². The molecular weight excluding hydrogens is 600 g/mol. The molecule has 0 saturated heterocycles. The van der Waals surface area contributed by atoms with Crippen molar-refractivity contribution in [1.29, 1.82) is 0 Å². The van der Waals surface area contributed by atoms with Crippen LogP contribution in [0.4, 0.5) is 11.4 Å². The Labute approximate surface area is 269 Å². The molecule has 0 aliphatic heterocycles. The molecule has 1 unspecified atom stereocenters. The molecular formula is C37H28N2O6S. The van der Waals surface area contributed by atoms with Gasteiger partial charge < -0.3 is 20.1 Å². The Morgan fingerprint density at radius 3 is 1.87 bits per heavy atom. The third-order valence-electron chi connectivity index (χ3n) is 7.57. The van der Waals surface area contributed by atoms with Crippen molar-refractivity contribution in [3.63, 3.8) is 0 Å². The van der Waals surface area contributed by atoms with E-state index in [1.807, 2.05) is 42.5 Å². The van der Waals surface area contributed by atoms with E-state index in [2.05, 4.69) is 10.6 Å². The molecule has 46 heavy (non-hydrogen) atoms. The van der Waals surface area contributed by atoms with Gasteiger partial charge in [-0.05, 0) is 48.0 Å². The number of thioether (sulfide) groups is 1. The predicted octanol–water partition coefficient (Wildman–Crippen LogP) is 7.20. The van der Waals surface area contributed by atoms with E-state index in [0.29, 0.717) is 28.3 Å². The number of nitrogens with one attached hydrogen (secondary N) is 2. The molecule has 6 rings (SSSR count). The largest absolute Gasteiger partial charge is 0.496 e. The van der Waals surface area contributed by atoms with E-state index in [-0.39, 0.29) is 39.9 Å². The zero-order valence-corrected chi connectivity index (χ0v) is 25.7. The Morgan fingerprint density at radius 2 is 1.22 bits per heavy atom. The smallest absolute Gasteiger partial charge is 0.263 e. The van der Waals surface area contributed by atoms with Crippen molar-refractivity contribution in [2.24, 2.45) is 0 Å². The normalized spacial score (nSPS) is 12.4. The van der Waals surface area contributed by atoms with Crippen LogP contribution in [0.2, 0.25) is 0 Å². The number of methoxy groups -OCH3 is 2. The summed E-state index contributed by atoms with van der Waals surface area (Å²) in [6, 6.07) is 33.1. The number of benzene rings is 5. The second kappa shape index (κ2) is 13.1. The van der Waals surface area contributed by atoms with E-state index in [1.165, 1.54) is 26.0 Å². The zero-order chi connectivity index (χ0) is 32.2. The minimum absolute atomic E-state index is 0.183. The van der Waals surface area contributed by atoms with Gasteiger partial charge in [0.15, 0.2) is 11.6 Å². The van der Waals surface area contributed by atoms with Crippen LogP contribution in [0.3, 0.4) is 0 Å². The maximum absolute atomic E-state index is 13.9. The van der Waals surface area contributed by atoms with Gasteiger partial charge in [-0.1, -0.05) is 72.8 Å². The van der Waals surface area contributed by atoms with Gasteiger partial charge in [0, 0.05) is 27.3 Å². The van der Waals surface area contributed by atoms with Gasteiger partial charge in [-0.25, -0.2) is 0 Å². The molecule has 5 aromatic rings. The first-order valence-electron chi connectivity index (χ1n) is 14.4. The van der Waals surface area contributed by atoms with Gasteiger partial charge >= 0.3 is 0 Å². The fourth-order valence-corrected chi connectivity index (χ4v) is 6.39. The Morgan fingerprint density at radius 1 is 0.630 bits per heavy atom. The molecule has 0 spiro atoms. The number of hydrogen-bond donors (Lipinski definition) is 2. The minimum atomic E-state index is -0.697. The van der Waals surface area contributed by atoms with Crippen molar-refractivity contribution in [3.05, 3.63) is 149 Å². The van der Waals surface area contributed by atoms with Crippen molar-refractivity contribution < 1.29 is 28.7 Å². The molecule has 1 aliphatic rings. The number of carbonyl (C=O) groups excluding carboxylic acids is 4. The molecule has 8 nitrogen and oxygen atoms in total. The Kier molecular flexibility index (Phi) is 8.67. The van der Waals surface area contributed by atoms with Gasteiger partial charge in [0.1, 0.15) is 22.3 Å². The summed E-state index contributed by atoms with van der Waals surface area (Å²) in [4.78, 5) is 54.5. The lowest BCUT2D eigenvalue weighted by molar-refractivity contribution is -0.115. The van der Waals surface area contributed by atoms with Crippen LogP contribution in [0.1, 0.15) is 53.0 Å². The standard InChI is InChI=1S/C37H28N2O6S/c1-44-29-16-9-17-30(45-2)32(29)36(42)38-23-18-20-24(21-19-23)46-35(22-10-4-3-5-11-22)37(43)39-28-15-8-14-27-31(28)34(41)26-13-7-6-12-25(26)33(27)40/h3-21,35H,1-2H3,(H,38,42)(H,39,43). The summed E-state index contributed by atoms with van der Waals surface area (Å²) in [7, 11) is 2.97. The number of ether oxygens (including phenoxy) is 2. The van der Waals surface area contributed by atoms with Gasteiger partial charge in [-0.15, -0.1) is 11.8 Å². The number of hydrogen-bond acceptors (Lipinski definition) is 7. The van der Waals surface area contributed by atoms with E-state index < -0.39 is 11.2 Å². The maximum atomic E-state index is 13.9. The van der Waals surface area contributed by atoms with Crippen LogP contribution < -0.4 is 20.1 Å². The first kappa shape index (κ1) is 30.4. The molecule has 2 N–H and O–H groups in total. The third-order valence-corrected chi connectivity index (χ3v) is 8.84. The Bertz CT molecular complexity index is 1950. The molecule has 9 heteroatoms. The summed E-state index contributed by atoms with van der Waals surface area (Å²) in [5.41, 5.74) is 2.96. The average molecular weight is 629 g/mol. The van der Waals surface area contributed by atoms with Crippen molar-refractivity contribution >= 4 is 46.5 Å². The molecule has 0 heterocycles. The molecule has 0 radical (unpaired) electrons. The number of amides is 2. The quantitative estimate of drug-likeness (QED) is 0.163. The highest BCUT2D eigenvalue weighted by Crippen LogP contribution is 2.38. The topological polar surface area (TPSA) is 111 Å². The summed E-state index contributed by atoms with van der Waals surface area (Å²) in [6.45, 7) is 0. The molecule has 1 aliphatic carbocycles. The van der Waals surface area contributed by atoms with Crippen LogP contribution in [-0.4, -0.2) is 37.6 Å². The monoisotopic (exact) mass is 628 g/mol. The molecule has 1 atom stereocenters. The predicted molar refractivity (Wildman–Crippen MR) is 177 cm³/mol. The number of fused-ring (bicyclic) bond motifs is 2. The van der Waals surface area contributed by atoms with Crippen LogP contribution >= 0.6 is 11.8 Å². The fraction of sp³-hybridized carbons (Fsp3) is 0.0811. The zero-order valence-electron chi connectivity index (χ0n) is 24.9. The van der Waals surface area contributed by atoms with Crippen molar-refractivity contribution in [2.75, 3.05) is 24.9 Å². The fourth-order valence-electron chi connectivity index (χ4n) is 5.37. The van der Waals surface area contributed by atoms with Crippen LogP contribution in [0, 0.1) is 0 Å². The number of ketones is 2. The van der Waals surface area contributed by atoms with E-state index >= 15 is 0 Å². The summed E-state index contributed by atoms with van der Waals surface area (Å²) < 4.78 is 10.7. The molecule has 0 saturated carbocycles. The Balaban J connectivity index is 1.24. The lowest BCUT2D eigenvalue weighted by atomic mass is 9.83. The van der Waals surface area contributed by atoms with Gasteiger partial charge in [-0.3, -0.25) is 19.2 Å². The lowest BCUT2D eigenvalue weighted by Crippen LogP contribution is -2.25. The summed E-state index contributed by atoms with van der Waals surface area (Å²) in [5.74, 6) is -0.547. The number of carbonyl (C=O) groups is 4. The van der Waals surface area contributed by atoms with E-state index in [1.54, 1.807) is 72.8 Å². The van der Waals surface area contributed by atoms with Crippen molar-refractivity contribution in [3.8, 4) is 11.5 Å². The van der Waals surface area contributed by atoms with Gasteiger partial charge in [0.05, 0.1) is 25.5 Å².